The summed E-state index contributed by atoms with van der Waals surface area (Å²) in [7, 11) is 2.23. The standard InChI is InChI=1S/C16H26N2/c1-14(15-7-4-3-5-8-15)13-17-16-9-6-11-18(2)12-10-16/h3-5,7-8,14,16-17H,6,9-13H2,1-2H3. The fraction of sp³-hybridized carbons (Fsp3) is 0.625. The van der Waals surface area contributed by atoms with E-state index >= 15 is 0 Å². The van der Waals surface area contributed by atoms with Gasteiger partial charge in [0.2, 0.25) is 0 Å². The second-order valence-electron chi connectivity index (χ2n) is 5.65. The zero-order chi connectivity index (χ0) is 12.8. The molecule has 1 N–H and O–H groups in total. The maximum atomic E-state index is 3.75. The van der Waals surface area contributed by atoms with Gasteiger partial charge in [-0.25, -0.2) is 0 Å². The largest absolute Gasteiger partial charge is 0.313 e. The van der Waals surface area contributed by atoms with Crippen LogP contribution in [0.2, 0.25) is 0 Å². The quantitative estimate of drug-likeness (QED) is 0.879. The van der Waals surface area contributed by atoms with Gasteiger partial charge in [0.1, 0.15) is 0 Å². The maximum Gasteiger partial charge on any atom is 0.00799 e. The van der Waals surface area contributed by atoms with E-state index in [-0.39, 0.29) is 0 Å². The molecule has 0 aliphatic carbocycles. The lowest BCUT2D eigenvalue weighted by molar-refractivity contribution is 0.343. The summed E-state index contributed by atoms with van der Waals surface area (Å²) >= 11 is 0. The molecule has 2 heteroatoms. The van der Waals surface area contributed by atoms with E-state index in [4.69, 9.17) is 0 Å². The van der Waals surface area contributed by atoms with E-state index in [1.807, 2.05) is 0 Å². The molecule has 1 fully saturated rings. The first-order valence-electron chi connectivity index (χ1n) is 7.22. The molecule has 0 aromatic heterocycles. The first-order valence-corrected chi connectivity index (χ1v) is 7.22. The Morgan fingerprint density at radius 1 is 1.22 bits per heavy atom. The lowest BCUT2D eigenvalue weighted by Crippen LogP contribution is -2.33. The van der Waals surface area contributed by atoms with Crippen LogP contribution in [0.15, 0.2) is 30.3 Å². The Bertz CT molecular complexity index is 336. The van der Waals surface area contributed by atoms with E-state index in [1.54, 1.807) is 0 Å². The second kappa shape index (κ2) is 6.91. The summed E-state index contributed by atoms with van der Waals surface area (Å²) in [5.41, 5.74) is 1.44. The van der Waals surface area contributed by atoms with Gasteiger partial charge >= 0.3 is 0 Å². The minimum atomic E-state index is 0.604. The van der Waals surface area contributed by atoms with Crippen LogP contribution >= 0.6 is 0 Å². The molecule has 100 valence electrons. The van der Waals surface area contributed by atoms with Crippen molar-refractivity contribution in [3.05, 3.63) is 35.9 Å². The lowest BCUT2D eigenvalue weighted by atomic mass is 10.0. The van der Waals surface area contributed by atoms with Gasteiger partial charge in [-0.2, -0.15) is 0 Å². The third kappa shape index (κ3) is 4.11. The molecule has 18 heavy (non-hydrogen) atoms. The van der Waals surface area contributed by atoms with Crippen LogP contribution in [0.1, 0.15) is 37.7 Å². The number of nitrogens with one attached hydrogen (secondary N) is 1. The molecule has 2 rings (SSSR count). The van der Waals surface area contributed by atoms with Crippen molar-refractivity contribution in [3.63, 3.8) is 0 Å². The van der Waals surface area contributed by atoms with E-state index in [0.29, 0.717) is 12.0 Å². The van der Waals surface area contributed by atoms with Crippen LogP contribution in [0.4, 0.5) is 0 Å². The summed E-state index contributed by atoms with van der Waals surface area (Å²) in [5.74, 6) is 0.604. The molecular weight excluding hydrogens is 220 g/mol. The zero-order valence-electron chi connectivity index (χ0n) is 11.7. The van der Waals surface area contributed by atoms with Crippen molar-refractivity contribution < 1.29 is 0 Å². The van der Waals surface area contributed by atoms with Gasteiger partial charge in [-0.05, 0) is 50.9 Å². The fourth-order valence-corrected chi connectivity index (χ4v) is 2.69. The average molecular weight is 246 g/mol. The molecule has 2 nitrogen and oxygen atoms in total. The highest BCUT2D eigenvalue weighted by Crippen LogP contribution is 2.15. The molecule has 1 aliphatic heterocycles. The van der Waals surface area contributed by atoms with Crippen LogP contribution in [0.3, 0.4) is 0 Å². The SMILES string of the molecule is CC(CNC1CCCN(C)CC1)c1ccccc1. The highest BCUT2D eigenvalue weighted by atomic mass is 15.1. The molecule has 1 aromatic carbocycles. The molecule has 0 amide bonds. The van der Waals surface area contributed by atoms with Gasteiger partial charge in [0.15, 0.2) is 0 Å². The highest BCUT2D eigenvalue weighted by molar-refractivity contribution is 5.18. The van der Waals surface area contributed by atoms with Crippen LogP contribution < -0.4 is 5.32 Å². The van der Waals surface area contributed by atoms with E-state index in [0.717, 1.165) is 6.54 Å². The van der Waals surface area contributed by atoms with Crippen molar-refractivity contribution in [2.24, 2.45) is 0 Å². The van der Waals surface area contributed by atoms with Crippen LogP contribution in [0, 0.1) is 0 Å². The van der Waals surface area contributed by atoms with E-state index in [1.165, 1.54) is 37.9 Å². The minimum absolute atomic E-state index is 0.604. The Labute approximate surface area is 111 Å². The fourth-order valence-electron chi connectivity index (χ4n) is 2.69. The maximum absolute atomic E-state index is 3.75. The third-order valence-electron chi connectivity index (χ3n) is 4.03. The van der Waals surface area contributed by atoms with Crippen molar-refractivity contribution >= 4 is 0 Å². The number of hydrogen-bond donors (Lipinski definition) is 1. The number of rotatable bonds is 4. The molecule has 0 radical (unpaired) electrons. The summed E-state index contributed by atoms with van der Waals surface area (Å²) in [6.45, 7) is 5.90. The van der Waals surface area contributed by atoms with Crippen LogP contribution in [-0.4, -0.2) is 37.6 Å². The van der Waals surface area contributed by atoms with Gasteiger partial charge in [-0.1, -0.05) is 37.3 Å². The van der Waals surface area contributed by atoms with Crippen LogP contribution in [0.25, 0.3) is 0 Å². The van der Waals surface area contributed by atoms with Gasteiger partial charge in [0, 0.05) is 12.6 Å². The van der Waals surface area contributed by atoms with Gasteiger partial charge in [-0.3, -0.25) is 0 Å². The molecule has 2 unspecified atom stereocenters. The summed E-state index contributed by atoms with van der Waals surface area (Å²) in [4.78, 5) is 2.45. The van der Waals surface area contributed by atoms with Crippen LogP contribution in [0.5, 0.6) is 0 Å². The Balaban J connectivity index is 1.77. The third-order valence-corrected chi connectivity index (χ3v) is 4.03. The van der Waals surface area contributed by atoms with Gasteiger partial charge < -0.3 is 10.2 Å². The van der Waals surface area contributed by atoms with E-state index < -0.39 is 0 Å². The summed E-state index contributed by atoms with van der Waals surface area (Å²) in [6, 6.07) is 11.5. The summed E-state index contributed by atoms with van der Waals surface area (Å²) in [6.07, 6.45) is 3.94. The summed E-state index contributed by atoms with van der Waals surface area (Å²) in [5, 5.41) is 3.75. The number of benzene rings is 1. The molecule has 1 aromatic rings. The normalized spacial score (nSPS) is 23.6. The lowest BCUT2D eigenvalue weighted by Gasteiger charge is -2.20. The van der Waals surface area contributed by atoms with E-state index in [9.17, 15) is 0 Å². The van der Waals surface area contributed by atoms with Crippen molar-refractivity contribution in [3.8, 4) is 0 Å². The van der Waals surface area contributed by atoms with Crippen LogP contribution in [-0.2, 0) is 0 Å². The Morgan fingerprint density at radius 3 is 2.78 bits per heavy atom. The molecule has 1 aliphatic rings. The van der Waals surface area contributed by atoms with Gasteiger partial charge in [0.25, 0.3) is 0 Å². The Morgan fingerprint density at radius 2 is 2.00 bits per heavy atom. The predicted octanol–water partition coefficient (Wildman–Crippen LogP) is 2.86. The number of nitrogens with zero attached hydrogens (tertiary/aromatic N) is 1. The monoisotopic (exact) mass is 246 g/mol. The molecular formula is C16H26N2. The first-order chi connectivity index (χ1) is 8.75. The van der Waals surface area contributed by atoms with Crippen molar-refractivity contribution in [2.75, 3.05) is 26.7 Å². The summed E-state index contributed by atoms with van der Waals surface area (Å²) < 4.78 is 0. The zero-order valence-corrected chi connectivity index (χ0v) is 11.7. The molecule has 0 bridgehead atoms. The van der Waals surface area contributed by atoms with Gasteiger partial charge in [0.05, 0.1) is 0 Å². The minimum Gasteiger partial charge on any atom is -0.313 e. The highest BCUT2D eigenvalue weighted by Gasteiger charge is 2.15. The van der Waals surface area contributed by atoms with Crippen molar-refractivity contribution in [2.45, 2.75) is 38.1 Å². The molecule has 1 heterocycles. The van der Waals surface area contributed by atoms with Crippen molar-refractivity contribution in [1.82, 2.24) is 10.2 Å². The first kappa shape index (κ1) is 13.6. The molecule has 2 atom stereocenters. The second-order valence-corrected chi connectivity index (χ2v) is 5.65. The van der Waals surface area contributed by atoms with E-state index in [2.05, 4.69) is 54.5 Å². The topological polar surface area (TPSA) is 15.3 Å². The van der Waals surface area contributed by atoms with Crippen molar-refractivity contribution in [1.29, 1.82) is 0 Å². The molecule has 0 spiro atoms. The average Bonchev–Trinajstić information content (AvgIpc) is 2.62. The molecule has 1 saturated heterocycles. The smallest absolute Gasteiger partial charge is 0.00799 e. The Kier molecular flexibility index (Phi) is 5.21. The predicted molar refractivity (Wildman–Crippen MR) is 78.0 cm³/mol. The molecule has 0 saturated carbocycles. The number of hydrogen-bond acceptors (Lipinski definition) is 2. The van der Waals surface area contributed by atoms with Gasteiger partial charge in [-0.15, -0.1) is 0 Å². The Hall–Kier alpha value is -0.860. The number of likely N-dealkylation sites (tertiary alicyclic amines) is 1.